The van der Waals surface area contributed by atoms with Crippen molar-refractivity contribution in [1.82, 2.24) is 4.90 Å². The summed E-state index contributed by atoms with van der Waals surface area (Å²) in [5.41, 5.74) is 1.02. The summed E-state index contributed by atoms with van der Waals surface area (Å²) < 4.78 is 25.4. The lowest BCUT2D eigenvalue weighted by Gasteiger charge is -2.33. The molecule has 2 unspecified atom stereocenters. The molecule has 0 aromatic heterocycles. The Morgan fingerprint density at radius 2 is 1.84 bits per heavy atom. The second-order valence-electron chi connectivity index (χ2n) is 7.33. The molecule has 1 saturated carbocycles. The minimum absolute atomic E-state index is 0.116. The van der Waals surface area contributed by atoms with E-state index in [0.29, 0.717) is 11.8 Å². The van der Waals surface area contributed by atoms with Gasteiger partial charge in [-0.05, 0) is 24.7 Å². The van der Waals surface area contributed by atoms with E-state index in [9.17, 15) is 8.42 Å². The number of sulfone groups is 1. The fraction of sp³-hybridized carbons (Fsp3) is 0.867. The quantitative estimate of drug-likeness (QED) is 0.686. The molecule has 2 atom stereocenters. The van der Waals surface area contributed by atoms with Crippen LogP contribution < -0.4 is 0 Å². The van der Waals surface area contributed by atoms with Crippen molar-refractivity contribution in [2.24, 2.45) is 11.3 Å². The van der Waals surface area contributed by atoms with Gasteiger partial charge in [0.2, 0.25) is 0 Å². The minimum atomic E-state index is -3.05. The van der Waals surface area contributed by atoms with E-state index in [1.807, 2.05) is 0 Å². The SMILES string of the molecule is CN1C2=C(C3CCCCCC31)S(=O)(=O)CC(C)(C)C2. The summed E-state index contributed by atoms with van der Waals surface area (Å²) in [6, 6.07) is 0.441. The molecule has 0 aromatic rings. The van der Waals surface area contributed by atoms with Crippen LogP contribution >= 0.6 is 0 Å². The highest BCUT2D eigenvalue weighted by molar-refractivity contribution is 7.95. The summed E-state index contributed by atoms with van der Waals surface area (Å²) in [6.07, 6.45) is 6.83. The van der Waals surface area contributed by atoms with Crippen LogP contribution in [0.3, 0.4) is 0 Å². The van der Waals surface area contributed by atoms with E-state index in [1.165, 1.54) is 19.3 Å². The molecule has 0 aromatic carbocycles. The Morgan fingerprint density at radius 3 is 2.58 bits per heavy atom. The van der Waals surface area contributed by atoms with Gasteiger partial charge in [0, 0.05) is 24.7 Å². The topological polar surface area (TPSA) is 37.4 Å². The summed E-state index contributed by atoms with van der Waals surface area (Å²) in [7, 11) is -0.936. The average molecular weight is 283 g/mol. The smallest absolute Gasteiger partial charge is 0.177 e. The number of nitrogens with zero attached hydrogens (tertiary/aromatic N) is 1. The maximum Gasteiger partial charge on any atom is 0.177 e. The standard InChI is InChI=1S/C15H25NO2S/c1-15(2)9-13-14(19(17,18)10-15)11-7-5-4-6-8-12(11)16(13)3/h11-12H,4-10H2,1-3H3. The average Bonchev–Trinajstić information content (AvgIpc) is 2.47. The summed E-state index contributed by atoms with van der Waals surface area (Å²) in [5.74, 6) is 0.610. The summed E-state index contributed by atoms with van der Waals surface area (Å²) in [6.45, 7) is 4.16. The molecule has 1 fully saturated rings. The van der Waals surface area contributed by atoms with Gasteiger partial charge in [-0.15, -0.1) is 0 Å². The van der Waals surface area contributed by atoms with Gasteiger partial charge in [-0.1, -0.05) is 33.1 Å². The molecule has 0 saturated heterocycles. The van der Waals surface area contributed by atoms with Crippen LogP contribution in [0.1, 0.15) is 52.4 Å². The second kappa shape index (κ2) is 4.24. The summed E-state index contributed by atoms with van der Waals surface area (Å²) >= 11 is 0. The summed E-state index contributed by atoms with van der Waals surface area (Å²) in [5, 5.41) is 0. The highest BCUT2D eigenvalue weighted by Crippen LogP contribution is 2.50. The van der Waals surface area contributed by atoms with Crippen LogP contribution in [-0.2, 0) is 9.84 Å². The van der Waals surface area contributed by atoms with Crippen LogP contribution in [0.5, 0.6) is 0 Å². The van der Waals surface area contributed by atoms with Gasteiger partial charge in [0.1, 0.15) is 0 Å². The van der Waals surface area contributed by atoms with Crippen LogP contribution in [0.25, 0.3) is 0 Å². The molecule has 0 N–H and O–H groups in total. The molecule has 2 aliphatic heterocycles. The minimum Gasteiger partial charge on any atom is -0.373 e. The van der Waals surface area contributed by atoms with E-state index in [-0.39, 0.29) is 11.3 Å². The number of hydrogen-bond acceptors (Lipinski definition) is 3. The molecular formula is C15H25NO2S. The van der Waals surface area contributed by atoms with Gasteiger partial charge >= 0.3 is 0 Å². The van der Waals surface area contributed by atoms with Gasteiger partial charge in [-0.3, -0.25) is 0 Å². The van der Waals surface area contributed by atoms with E-state index >= 15 is 0 Å². The Labute approximate surface area is 117 Å². The van der Waals surface area contributed by atoms with Crippen molar-refractivity contribution >= 4 is 9.84 Å². The van der Waals surface area contributed by atoms with E-state index in [4.69, 9.17) is 0 Å². The third kappa shape index (κ3) is 2.12. The van der Waals surface area contributed by atoms with Crippen molar-refractivity contribution in [2.75, 3.05) is 12.8 Å². The Balaban J connectivity index is 2.08. The lowest BCUT2D eigenvalue weighted by atomic mass is 9.89. The molecular weight excluding hydrogens is 258 g/mol. The van der Waals surface area contributed by atoms with Crippen molar-refractivity contribution in [2.45, 2.75) is 58.4 Å². The third-order valence-electron chi connectivity index (χ3n) is 5.09. The molecule has 3 aliphatic rings. The van der Waals surface area contributed by atoms with Gasteiger partial charge < -0.3 is 4.90 Å². The zero-order valence-corrected chi connectivity index (χ0v) is 13.1. The van der Waals surface area contributed by atoms with Crippen LogP contribution in [0.4, 0.5) is 0 Å². The van der Waals surface area contributed by atoms with Crippen molar-refractivity contribution < 1.29 is 8.42 Å². The molecule has 3 nitrogen and oxygen atoms in total. The molecule has 0 spiro atoms. The fourth-order valence-corrected chi connectivity index (χ4v) is 6.96. The first kappa shape index (κ1) is 13.5. The van der Waals surface area contributed by atoms with E-state index in [1.54, 1.807) is 0 Å². The van der Waals surface area contributed by atoms with Crippen LogP contribution in [0.15, 0.2) is 10.6 Å². The molecule has 2 heterocycles. The van der Waals surface area contributed by atoms with E-state index < -0.39 is 9.84 Å². The molecule has 1 aliphatic carbocycles. The zero-order chi connectivity index (χ0) is 13.8. The zero-order valence-electron chi connectivity index (χ0n) is 12.3. The molecule has 0 bridgehead atoms. The van der Waals surface area contributed by atoms with E-state index in [2.05, 4.69) is 25.8 Å². The maximum absolute atomic E-state index is 12.7. The highest BCUT2D eigenvalue weighted by Gasteiger charge is 2.49. The Morgan fingerprint density at radius 1 is 1.16 bits per heavy atom. The Bertz CT molecular complexity index is 518. The highest BCUT2D eigenvalue weighted by atomic mass is 32.2. The predicted molar refractivity (Wildman–Crippen MR) is 77.3 cm³/mol. The first-order valence-corrected chi connectivity index (χ1v) is 9.16. The fourth-order valence-electron chi connectivity index (χ4n) is 4.36. The Hall–Kier alpha value is -0.510. The molecule has 0 radical (unpaired) electrons. The predicted octanol–water partition coefficient (Wildman–Crippen LogP) is 2.94. The van der Waals surface area contributed by atoms with Crippen LogP contribution in [-0.4, -0.2) is 32.2 Å². The molecule has 108 valence electrons. The third-order valence-corrected chi connectivity index (χ3v) is 7.46. The monoisotopic (exact) mass is 283 g/mol. The second-order valence-corrected chi connectivity index (χ2v) is 9.29. The van der Waals surface area contributed by atoms with Gasteiger partial charge in [0.25, 0.3) is 0 Å². The lowest BCUT2D eigenvalue weighted by molar-refractivity contribution is 0.248. The van der Waals surface area contributed by atoms with Crippen LogP contribution in [0.2, 0.25) is 0 Å². The van der Waals surface area contributed by atoms with Crippen molar-refractivity contribution in [1.29, 1.82) is 0 Å². The first-order chi connectivity index (χ1) is 8.82. The Kier molecular flexibility index (Phi) is 3.01. The van der Waals surface area contributed by atoms with E-state index in [0.717, 1.165) is 29.9 Å². The van der Waals surface area contributed by atoms with Gasteiger partial charge in [-0.2, -0.15) is 0 Å². The number of fused-ring (bicyclic) bond motifs is 2. The molecule has 3 rings (SSSR count). The summed E-state index contributed by atoms with van der Waals surface area (Å²) in [4.78, 5) is 3.13. The molecule has 4 heteroatoms. The molecule has 19 heavy (non-hydrogen) atoms. The maximum atomic E-state index is 12.7. The first-order valence-electron chi connectivity index (χ1n) is 7.50. The number of allylic oxidation sites excluding steroid dienone is 1. The lowest BCUT2D eigenvalue weighted by Crippen LogP contribution is -2.33. The number of hydrogen-bond donors (Lipinski definition) is 0. The van der Waals surface area contributed by atoms with Gasteiger partial charge in [0.15, 0.2) is 9.84 Å². The van der Waals surface area contributed by atoms with Crippen LogP contribution in [0, 0.1) is 11.3 Å². The van der Waals surface area contributed by atoms with Gasteiger partial charge in [0.05, 0.1) is 10.7 Å². The normalized spacial score (nSPS) is 36.7. The number of rotatable bonds is 0. The largest absolute Gasteiger partial charge is 0.373 e. The van der Waals surface area contributed by atoms with Crippen molar-refractivity contribution in [3.63, 3.8) is 0 Å². The van der Waals surface area contributed by atoms with Gasteiger partial charge in [-0.25, -0.2) is 8.42 Å². The molecule has 0 amide bonds. The van der Waals surface area contributed by atoms with Crippen molar-refractivity contribution in [3.8, 4) is 0 Å². The van der Waals surface area contributed by atoms with Crippen molar-refractivity contribution in [3.05, 3.63) is 10.6 Å².